The number of H-pyrrole nitrogens is 1. The zero-order valence-corrected chi connectivity index (χ0v) is 21.7. The number of aromatic nitrogens is 3. The molecule has 1 aliphatic heterocycles. The fraction of sp³-hybridized carbons (Fsp3) is 0.458. The number of aliphatic imine (C=N–C) groups is 1. The van der Waals surface area contributed by atoms with Gasteiger partial charge in [0.25, 0.3) is 0 Å². The Balaban J connectivity index is 0.00000306. The summed E-state index contributed by atoms with van der Waals surface area (Å²) in [4.78, 5) is 21.6. The minimum absolute atomic E-state index is 0. The largest absolute Gasteiger partial charge is 0.361 e. The molecule has 0 spiro atoms. The number of hydrogen-bond donors (Lipinski definition) is 3. The number of nitrogens with one attached hydrogen (secondary N) is 3. The van der Waals surface area contributed by atoms with Gasteiger partial charge in [0.15, 0.2) is 5.96 Å². The molecule has 1 fully saturated rings. The highest BCUT2D eigenvalue weighted by Crippen LogP contribution is 2.17. The first-order chi connectivity index (χ1) is 15.8. The van der Waals surface area contributed by atoms with Gasteiger partial charge in [-0.05, 0) is 37.5 Å². The summed E-state index contributed by atoms with van der Waals surface area (Å²) in [6, 6.07) is 10.3. The topological polar surface area (TPSA) is 84.5 Å². The summed E-state index contributed by atoms with van der Waals surface area (Å²) in [5.41, 5.74) is 2.53. The first-order valence-electron chi connectivity index (χ1n) is 11.6. The molecule has 3 heterocycles. The summed E-state index contributed by atoms with van der Waals surface area (Å²) in [5.74, 6) is 1.74. The monoisotopic (exact) mass is 562 g/mol. The molecule has 9 heteroatoms. The van der Waals surface area contributed by atoms with E-state index in [1.165, 1.54) is 16.5 Å². The summed E-state index contributed by atoms with van der Waals surface area (Å²) in [6.07, 6.45) is 7.75. The fourth-order valence-corrected chi connectivity index (χ4v) is 4.11. The first kappa shape index (κ1) is 25.2. The highest BCUT2D eigenvalue weighted by atomic mass is 127. The van der Waals surface area contributed by atoms with Crippen LogP contribution in [-0.2, 0) is 6.42 Å². The van der Waals surface area contributed by atoms with Crippen molar-refractivity contribution in [3.8, 4) is 0 Å². The average Bonchev–Trinajstić information content (AvgIpc) is 3.26. The molecule has 33 heavy (non-hydrogen) atoms. The summed E-state index contributed by atoms with van der Waals surface area (Å²) >= 11 is 0. The lowest BCUT2D eigenvalue weighted by Gasteiger charge is -2.34. The predicted octanol–water partition coefficient (Wildman–Crippen LogP) is 2.89. The van der Waals surface area contributed by atoms with Crippen molar-refractivity contribution in [3.05, 3.63) is 54.5 Å². The van der Waals surface area contributed by atoms with E-state index >= 15 is 0 Å². The Labute approximate surface area is 213 Å². The summed E-state index contributed by atoms with van der Waals surface area (Å²) in [5, 5.41) is 8.14. The van der Waals surface area contributed by atoms with Crippen LogP contribution in [0.5, 0.6) is 0 Å². The molecule has 178 valence electrons. The zero-order chi connectivity index (χ0) is 22.0. The van der Waals surface area contributed by atoms with Crippen molar-refractivity contribution in [2.45, 2.75) is 19.8 Å². The lowest BCUT2D eigenvalue weighted by Crippen LogP contribution is -2.47. The van der Waals surface area contributed by atoms with Gasteiger partial charge in [-0.15, -0.1) is 24.0 Å². The average molecular weight is 563 g/mol. The molecule has 4 rings (SSSR count). The van der Waals surface area contributed by atoms with E-state index in [2.05, 4.69) is 72.8 Å². The van der Waals surface area contributed by atoms with Crippen LogP contribution in [0.15, 0.2) is 53.9 Å². The zero-order valence-electron chi connectivity index (χ0n) is 19.3. The van der Waals surface area contributed by atoms with Crippen LogP contribution < -0.4 is 15.5 Å². The molecule has 8 nitrogen and oxygen atoms in total. The maximum absolute atomic E-state index is 4.77. The molecule has 0 saturated carbocycles. The smallest absolute Gasteiger partial charge is 0.225 e. The van der Waals surface area contributed by atoms with Crippen LogP contribution in [0.25, 0.3) is 10.9 Å². The second-order valence-electron chi connectivity index (χ2n) is 8.03. The molecule has 1 saturated heterocycles. The van der Waals surface area contributed by atoms with Gasteiger partial charge in [0.05, 0.1) is 0 Å². The van der Waals surface area contributed by atoms with Gasteiger partial charge >= 0.3 is 0 Å². The molecule has 1 aliphatic rings. The minimum atomic E-state index is 0. The highest BCUT2D eigenvalue weighted by molar-refractivity contribution is 14.0. The third kappa shape index (κ3) is 7.29. The van der Waals surface area contributed by atoms with Crippen LogP contribution in [0.2, 0.25) is 0 Å². The van der Waals surface area contributed by atoms with E-state index in [1.807, 2.05) is 18.5 Å². The van der Waals surface area contributed by atoms with Gasteiger partial charge in [-0.1, -0.05) is 18.2 Å². The lowest BCUT2D eigenvalue weighted by atomic mass is 10.1. The molecule has 3 aromatic rings. The number of halogens is 1. The predicted molar refractivity (Wildman–Crippen MR) is 147 cm³/mol. The van der Waals surface area contributed by atoms with Gasteiger partial charge in [0.1, 0.15) is 0 Å². The second-order valence-corrected chi connectivity index (χ2v) is 8.03. The number of rotatable bonds is 9. The third-order valence-electron chi connectivity index (χ3n) is 5.82. The van der Waals surface area contributed by atoms with E-state index in [9.17, 15) is 0 Å². The lowest BCUT2D eigenvalue weighted by molar-refractivity contribution is 0.255. The van der Waals surface area contributed by atoms with Crippen molar-refractivity contribution in [2.24, 2.45) is 4.99 Å². The number of guanidine groups is 1. The molecular weight excluding hydrogens is 527 g/mol. The van der Waals surface area contributed by atoms with Crippen LogP contribution >= 0.6 is 24.0 Å². The van der Waals surface area contributed by atoms with Crippen LogP contribution in [0.3, 0.4) is 0 Å². The standard InChI is InChI=1S/C24H34N8.HI/c1-2-25-23(27-13-9-20-19-30-22-8-4-3-7-21(20)22)26-12-6-14-31-15-17-32(18-16-31)24-28-10-5-11-29-24;/h3-5,7-8,10-11,19,30H,2,6,9,12-18H2,1H3,(H2,25,26,27);1H. The van der Waals surface area contributed by atoms with Gasteiger partial charge in [0.2, 0.25) is 5.95 Å². The Morgan fingerprint density at radius 1 is 1.06 bits per heavy atom. The number of anilines is 1. The number of piperazine rings is 1. The molecule has 0 aliphatic carbocycles. The summed E-state index contributed by atoms with van der Waals surface area (Å²) in [6.45, 7) is 9.77. The van der Waals surface area contributed by atoms with Crippen molar-refractivity contribution in [2.75, 3.05) is 57.3 Å². The van der Waals surface area contributed by atoms with E-state index in [0.29, 0.717) is 0 Å². The number of nitrogens with zero attached hydrogens (tertiary/aromatic N) is 5. The molecule has 2 aromatic heterocycles. The Morgan fingerprint density at radius 3 is 2.64 bits per heavy atom. The maximum atomic E-state index is 4.77. The molecule has 1 aromatic carbocycles. The normalized spacial score (nSPS) is 14.8. The molecule has 0 bridgehead atoms. The molecule has 0 unspecified atom stereocenters. The molecule has 0 amide bonds. The third-order valence-corrected chi connectivity index (χ3v) is 5.82. The molecular formula is C24H35IN8. The van der Waals surface area contributed by atoms with Crippen LogP contribution in [-0.4, -0.2) is 78.2 Å². The van der Waals surface area contributed by atoms with Crippen molar-refractivity contribution in [1.82, 2.24) is 30.5 Å². The Bertz CT molecular complexity index is 982. The molecule has 3 N–H and O–H groups in total. The van der Waals surface area contributed by atoms with Gasteiger partial charge in [0, 0.05) is 81.9 Å². The molecule has 0 radical (unpaired) electrons. The highest BCUT2D eigenvalue weighted by Gasteiger charge is 2.18. The minimum Gasteiger partial charge on any atom is -0.361 e. The summed E-state index contributed by atoms with van der Waals surface area (Å²) in [7, 11) is 0. The van der Waals surface area contributed by atoms with Crippen molar-refractivity contribution < 1.29 is 0 Å². The van der Waals surface area contributed by atoms with E-state index in [1.54, 1.807) is 0 Å². The van der Waals surface area contributed by atoms with Crippen molar-refractivity contribution >= 4 is 46.8 Å². The number of para-hydroxylation sites is 1. The molecule has 0 atom stereocenters. The van der Waals surface area contributed by atoms with Crippen LogP contribution in [0, 0.1) is 0 Å². The van der Waals surface area contributed by atoms with Crippen molar-refractivity contribution in [1.29, 1.82) is 0 Å². The van der Waals surface area contributed by atoms with Gasteiger partial charge in [-0.3, -0.25) is 9.89 Å². The summed E-state index contributed by atoms with van der Waals surface area (Å²) < 4.78 is 0. The number of hydrogen-bond acceptors (Lipinski definition) is 5. The van der Waals surface area contributed by atoms with Crippen LogP contribution in [0.4, 0.5) is 5.95 Å². The number of benzene rings is 1. The first-order valence-corrected chi connectivity index (χ1v) is 11.6. The number of aromatic amines is 1. The Morgan fingerprint density at radius 2 is 1.85 bits per heavy atom. The maximum Gasteiger partial charge on any atom is 0.225 e. The van der Waals surface area contributed by atoms with Gasteiger partial charge < -0.3 is 20.5 Å². The van der Waals surface area contributed by atoms with Gasteiger partial charge in [-0.25, -0.2) is 9.97 Å². The second kappa shape index (κ2) is 13.3. The van der Waals surface area contributed by atoms with Crippen LogP contribution in [0.1, 0.15) is 18.9 Å². The van der Waals surface area contributed by atoms with E-state index in [4.69, 9.17) is 4.99 Å². The van der Waals surface area contributed by atoms with E-state index in [-0.39, 0.29) is 24.0 Å². The Kier molecular flexibility index (Phi) is 10.2. The van der Waals surface area contributed by atoms with Crippen molar-refractivity contribution in [3.63, 3.8) is 0 Å². The SMILES string of the molecule is CCNC(=NCCCN1CCN(c2ncccn2)CC1)NCCc1c[nH]c2ccccc12.I. The quantitative estimate of drug-likeness (QED) is 0.161. The van der Waals surface area contributed by atoms with Gasteiger partial charge in [-0.2, -0.15) is 0 Å². The number of fused-ring (bicyclic) bond motifs is 1. The van der Waals surface area contributed by atoms with E-state index < -0.39 is 0 Å². The fourth-order valence-electron chi connectivity index (χ4n) is 4.11. The Hall–Kier alpha value is -2.40. The van der Waals surface area contributed by atoms with E-state index in [0.717, 1.165) is 77.1 Å².